The van der Waals surface area contributed by atoms with Gasteiger partial charge in [-0.3, -0.25) is 9.23 Å². The summed E-state index contributed by atoms with van der Waals surface area (Å²) < 4.78 is 56.2. The molecule has 0 unspecified atom stereocenters. The molecule has 24 heavy (non-hydrogen) atoms. The second kappa shape index (κ2) is 6.15. The fraction of sp³-hybridized carbons (Fsp3) is 0.267. The Morgan fingerprint density at radius 3 is 2.62 bits per heavy atom. The number of rotatable bonds is 4. The molecule has 1 aliphatic heterocycles. The highest BCUT2D eigenvalue weighted by atomic mass is 32.2. The molecule has 0 saturated heterocycles. The molecule has 7 nitrogen and oxygen atoms in total. The monoisotopic (exact) mass is 368 g/mol. The van der Waals surface area contributed by atoms with E-state index in [-0.39, 0.29) is 17.2 Å². The minimum atomic E-state index is -4.31. The molecule has 3 rings (SSSR count). The second-order valence-corrected chi connectivity index (χ2v) is 9.10. The summed E-state index contributed by atoms with van der Waals surface area (Å²) in [6, 6.07) is 9.56. The van der Waals surface area contributed by atoms with Crippen LogP contribution in [0.4, 0.5) is 0 Å². The normalized spacial score (nSPS) is 17.0. The fourth-order valence-electron chi connectivity index (χ4n) is 2.71. The van der Waals surface area contributed by atoms with Crippen molar-refractivity contribution in [3.63, 3.8) is 0 Å². The van der Waals surface area contributed by atoms with Gasteiger partial charge < -0.3 is 0 Å². The molecule has 1 aliphatic rings. The Kier molecular flexibility index (Phi) is 4.33. The lowest BCUT2D eigenvalue weighted by atomic mass is 10.1. The number of hydrogen-bond donors (Lipinski definition) is 1. The van der Waals surface area contributed by atoms with Crippen molar-refractivity contribution in [2.45, 2.75) is 18.7 Å². The van der Waals surface area contributed by atoms with Crippen LogP contribution >= 0.6 is 0 Å². The third kappa shape index (κ3) is 3.92. The molecule has 2 aromatic rings. The quantitative estimate of drug-likeness (QED) is 0.815. The Balaban J connectivity index is 2.05. The number of sulfone groups is 1. The summed E-state index contributed by atoms with van der Waals surface area (Å²) in [6.07, 6.45) is 1.47. The van der Waals surface area contributed by atoms with E-state index in [2.05, 4.69) is 5.10 Å². The lowest BCUT2D eigenvalue weighted by Gasteiger charge is -2.15. The van der Waals surface area contributed by atoms with Gasteiger partial charge in [0.05, 0.1) is 29.2 Å². The summed E-state index contributed by atoms with van der Waals surface area (Å²) in [5, 5.41) is 4.96. The Morgan fingerprint density at radius 2 is 1.96 bits per heavy atom. The van der Waals surface area contributed by atoms with Crippen LogP contribution in [-0.2, 0) is 38.7 Å². The maximum Gasteiger partial charge on any atom is 0.287 e. The molecule has 0 atom stereocenters. The molecule has 0 radical (unpaired) electrons. The summed E-state index contributed by atoms with van der Waals surface area (Å²) in [6.45, 7) is 0.461. The van der Waals surface area contributed by atoms with Crippen molar-refractivity contribution in [3.8, 4) is 0 Å². The van der Waals surface area contributed by atoms with Gasteiger partial charge in [0.1, 0.15) is 0 Å². The van der Waals surface area contributed by atoms with E-state index in [0.717, 1.165) is 17.3 Å². The third-order valence-electron chi connectivity index (χ3n) is 3.78. The van der Waals surface area contributed by atoms with Crippen LogP contribution < -0.4 is 0 Å². The summed E-state index contributed by atoms with van der Waals surface area (Å²) in [5.41, 5.74) is 2.53. The minimum Gasteiger partial charge on any atom is -0.282 e. The predicted octanol–water partition coefficient (Wildman–Crippen LogP) is 1.26. The maximum atomic E-state index is 11.9. The topological polar surface area (TPSA) is 106 Å². The van der Waals surface area contributed by atoms with Gasteiger partial charge in [-0.2, -0.15) is 13.5 Å². The molecule has 1 aromatic carbocycles. The molecule has 9 heteroatoms. The largest absolute Gasteiger partial charge is 0.287 e. The van der Waals surface area contributed by atoms with E-state index in [1.54, 1.807) is 4.68 Å². The third-order valence-corrected chi connectivity index (χ3v) is 5.82. The van der Waals surface area contributed by atoms with Crippen molar-refractivity contribution in [2.75, 3.05) is 5.75 Å². The van der Waals surface area contributed by atoms with Gasteiger partial charge in [-0.25, -0.2) is 8.42 Å². The van der Waals surface area contributed by atoms with E-state index < -0.39 is 20.0 Å². The standard InChI is InChI=1S/C15H16N2O5S2/c18-23(19)8-7-15-13(11-23)14(6-9-24(20,21)22)16-17(15)10-12-4-2-1-3-5-12/h1-6,9H,7-8,10-11H2,(H,20,21,22). The van der Waals surface area contributed by atoms with E-state index in [0.29, 0.717) is 23.9 Å². The summed E-state index contributed by atoms with van der Waals surface area (Å²) in [4.78, 5) is 0. The van der Waals surface area contributed by atoms with Crippen LogP contribution in [0.5, 0.6) is 0 Å². The number of aromatic nitrogens is 2. The number of nitrogens with zero attached hydrogens (tertiary/aromatic N) is 2. The first-order chi connectivity index (χ1) is 11.2. The van der Waals surface area contributed by atoms with E-state index in [1.165, 1.54) is 0 Å². The molecule has 0 aliphatic carbocycles. The average Bonchev–Trinajstić information content (AvgIpc) is 2.81. The van der Waals surface area contributed by atoms with Gasteiger partial charge in [0.15, 0.2) is 9.84 Å². The van der Waals surface area contributed by atoms with Crippen LogP contribution in [0.25, 0.3) is 6.08 Å². The molecular weight excluding hydrogens is 352 g/mol. The lowest BCUT2D eigenvalue weighted by molar-refractivity contribution is 0.494. The zero-order valence-corrected chi connectivity index (χ0v) is 14.3. The zero-order chi connectivity index (χ0) is 17.4. The first-order valence-corrected chi connectivity index (χ1v) is 10.5. The molecule has 1 aromatic heterocycles. The fourth-order valence-corrected chi connectivity index (χ4v) is 4.41. The van der Waals surface area contributed by atoms with Gasteiger partial charge in [-0.1, -0.05) is 30.3 Å². The van der Waals surface area contributed by atoms with Crippen molar-refractivity contribution in [1.29, 1.82) is 0 Å². The van der Waals surface area contributed by atoms with Gasteiger partial charge in [-0.05, 0) is 11.6 Å². The molecule has 2 heterocycles. The molecule has 0 spiro atoms. The minimum absolute atomic E-state index is 0.0436. The first kappa shape index (κ1) is 16.9. The Morgan fingerprint density at radius 1 is 1.25 bits per heavy atom. The van der Waals surface area contributed by atoms with Crippen LogP contribution in [-0.4, -0.2) is 36.9 Å². The number of benzene rings is 1. The summed E-state index contributed by atoms with van der Waals surface area (Å²) >= 11 is 0. The van der Waals surface area contributed by atoms with Crippen molar-refractivity contribution >= 4 is 26.0 Å². The molecule has 0 fully saturated rings. The predicted molar refractivity (Wildman–Crippen MR) is 89.5 cm³/mol. The Labute approximate surface area is 140 Å². The lowest BCUT2D eigenvalue weighted by Crippen LogP contribution is -2.21. The van der Waals surface area contributed by atoms with Crippen LogP contribution in [0.2, 0.25) is 0 Å². The van der Waals surface area contributed by atoms with Gasteiger partial charge in [-0.15, -0.1) is 0 Å². The van der Waals surface area contributed by atoms with Crippen LogP contribution in [0.1, 0.15) is 22.5 Å². The van der Waals surface area contributed by atoms with E-state index in [4.69, 9.17) is 4.55 Å². The Bertz CT molecular complexity index is 990. The first-order valence-electron chi connectivity index (χ1n) is 7.22. The zero-order valence-electron chi connectivity index (χ0n) is 12.7. The van der Waals surface area contributed by atoms with Crippen molar-refractivity contribution in [1.82, 2.24) is 9.78 Å². The van der Waals surface area contributed by atoms with Gasteiger partial charge >= 0.3 is 0 Å². The van der Waals surface area contributed by atoms with E-state index in [9.17, 15) is 16.8 Å². The van der Waals surface area contributed by atoms with E-state index in [1.807, 2.05) is 30.3 Å². The second-order valence-electron chi connectivity index (χ2n) is 5.61. The van der Waals surface area contributed by atoms with Gasteiger partial charge in [0.25, 0.3) is 10.1 Å². The molecule has 0 amide bonds. The summed E-state index contributed by atoms with van der Waals surface area (Å²) in [5.74, 6) is -0.135. The van der Waals surface area contributed by atoms with Crippen LogP contribution in [0.15, 0.2) is 35.7 Å². The molecule has 0 saturated carbocycles. The Hall–Kier alpha value is -1.97. The van der Waals surface area contributed by atoms with Crippen molar-refractivity contribution < 1.29 is 21.4 Å². The van der Waals surface area contributed by atoms with Crippen molar-refractivity contribution in [3.05, 3.63) is 58.3 Å². The van der Waals surface area contributed by atoms with Gasteiger partial charge in [0.2, 0.25) is 0 Å². The van der Waals surface area contributed by atoms with Gasteiger partial charge in [0, 0.05) is 17.7 Å². The van der Waals surface area contributed by atoms with E-state index >= 15 is 0 Å². The highest BCUT2D eigenvalue weighted by molar-refractivity contribution is 7.90. The van der Waals surface area contributed by atoms with Crippen molar-refractivity contribution in [2.24, 2.45) is 0 Å². The molecule has 0 bridgehead atoms. The highest BCUT2D eigenvalue weighted by Gasteiger charge is 2.28. The summed E-state index contributed by atoms with van der Waals surface area (Å²) in [7, 11) is -7.54. The molecule has 1 N–H and O–H groups in total. The SMILES string of the molecule is O=S(=O)(O)C=Cc1nn(Cc2ccccc2)c2c1CS(=O)(=O)CC2. The maximum absolute atomic E-state index is 11.9. The highest BCUT2D eigenvalue weighted by Crippen LogP contribution is 2.26. The van der Waals surface area contributed by atoms with Crippen LogP contribution in [0, 0.1) is 0 Å². The molecule has 128 valence electrons. The smallest absolute Gasteiger partial charge is 0.282 e. The molecular formula is C15H16N2O5S2. The average molecular weight is 368 g/mol. The number of fused-ring (bicyclic) bond motifs is 1. The number of hydrogen-bond acceptors (Lipinski definition) is 5. The van der Waals surface area contributed by atoms with Crippen LogP contribution in [0.3, 0.4) is 0 Å².